The molecule has 0 heteroatoms. The second-order valence-corrected chi connectivity index (χ2v) is 6.51. The van der Waals surface area contributed by atoms with E-state index in [-0.39, 0.29) is 5.41 Å². The molecular weight excluding hydrogens is 252 g/mol. The second kappa shape index (κ2) is 4.46. The average molecular weight is 272 g/mol. The van der Waals surface area contributed by atoms with Crippen molar-refractivity contribution in [2.24, 2.45) is 5.92 Å². The van der Waals surface area contributed by atoms with Crippen LogP contribution in [0.1, 0.15) is 28.7 Å². The molecular formula is C21H20. The first-order chi connectivity index (χ1) is 10.2. The van der Waals surface area contributed by atoms with E-state index < -0.39 is 0 Å². The minimum Gasteiger partial charge on any atom is -0.0733 e. The molecule has 104 valence electrons. The van der Waals surface area contributed by atoms with Crippen molar-refractivity contribution in [1.82, 2.24) is 0 Å². The van der Waals surface area contributed by atoms with Gasteiger partial charge in [0.1, 0.15) is 0 Å². The molecule has 0 saturated heterocycles. The summed E-state index contributed by atoms with van der Waals surface area (Å²) >= 11 is 0. The van der Waals surface area contributed by atoms with Gasteiger partial charge in [-0.15, -0.1) is 0 Å². The van der Waals surface area contributed by atoms with E-state index in [0.717, 1.165) is 0 Å². The van der Waals surface area contributed by atoms with Crippen molar-refractivity contribution < 1.29 is 0 Å². The highest BCUT2D eigenvalue weighted by molar-refractivity contribution is 5.77. The van der Waals surface area contributed by atoms with Gasteiger partial charge in [-0.05, 0) is 42.9 Å². The van der Waals surface area contributed by atoms with Crippen LogP contribution in [0.4, 0.5) is 0 Å². The molecule has 0 bridgehead atoms. The predicted molar refractivity (Wildman–Crippen MR) is 89.3 cm³/mol. The molecule has 0 spiro atoms. The predicted octanol–water partition coefficient (Wildman–Crippen LogP) is 5.21. The Hall–Kier alpha value is -2.08. The number of fused-ring (bicyclic) bond motifs is 1. The molecule has 0 heterocycles. The number of rotatable bonds is 2. The minimum absolute atomic E-state index is 0.253. The first-order valence-corrected chi connectivity index (χ1v) is 7.73. The molecule has 0 aromatic heterocycles. The first kappa shape index (κ1) is 12.6. The molecule has 0 aliphatic heterocycles. The third kappa shape index (κ3) is 1.98. The lowest BCUT2D eigenvalue weighted by Gasteiger charge is -2.19. The summed E-state index contributed by atoms with van der Waals surface area (Å²) in [5, 5.41) is 0. The summed E-state index contributed by atoms with van der Waals surface area (Å²) in [5.41, 5.74) is 7.25. The topological polar surface area (TPSA) is 0 Å². The Morgan fingerprint density at radius 1 is 0.857 bits per heavy atom. The molecule has 0 N–H and O–H groups in total. The standard InChI is InChI=1S/C21H20/c1-15-5-9-17(10-6-15)19-4-3-13-21(14-20(19)21)18-11-7-16(2)8-12-18/h3-13,20H,14H2,1-2H3. The number of hydrogen-bond acceptors (Lipinski definition) is 0. The summed E-state index contributed by atoms with van der Waals surface area (Å²) in [5.74, 6) is 0.646. The van der Waals surface area contributed by atoms with Gasteiger partial charge in [-0.25, -0.2) is 0 Å². The maximum atomic E-state index is 2.40. The average Bonchev–Trinajstić information content (AvgIpc) is 3.24. The van der Waals surface area contributed by atoms with Crippen LogP contribution in [-0.2, 0) is 5.41 Å². The number of benzene rings is 2. The second-order valence-electron chi connectivity index (χ2n) is 6.51. The maximum absolute atomic E-state index is 2.40. The van der Waals surface area contributed by atoms with Crippen LogP contribution in [-0.4, -0.2) is 0 Å². The van der Waals surface area contributed by atoms with Crippen molar-refractivity contribution in [2.75, 3.05) is 0 Å². The van der Waals surface area contributed by atoms with Gasteiger partial charge in [0.2, 0.25) is 0 Å². The Morgan fingerprint density at radius 3 is 2.14 bits per heavy atom. The van der Waals surface area contributed by atoms with Crippen LogP contribution < -0.4 is 0 Å². The normalized spacial score (nSPS) is 26.2. The summed E-state index contributed by atoms with van der Waals surface area (Å²) in [6.07, 6.45) is 8.19. The van der Waals surface area contributed by atoms with E-state index in [1.165, 1.54) is 34.2 Å². The van der Waals surface area contributed by atoms with Gasteiger partial charge in [-0.3, -0.25) is 0 Å². The molecule has 2 aliphatic rings. The van der Waals surface area contributed by atoms with Crippen molar-refractivity contribution in [3.63, 3.8) is 0 Å². The van der Waals surface area contributed by atoms with Crippen LogP contribution in [0.25, 0.3) is 5.57 Å². The van der Waals surface area contributed by atoms with Crippen LogP contribution >= 0.6 is 0 Å². The van der Waals surface area contributed by atoms with Crippen LogP contribution in [0.3, 0.4) is 0 Å². The molecule has 1 saturated carbocycles. The van der Waals surface area contributed by atoms with Gasteiger partial charge in [-0.2, -0.15) is 0 Å². The van der Waals surface area contributed by atoms with E-state index in [0.29, 0.717) is 5.92 Å². The Morgan fingerprint density at radius 2 is 1.48 bits per heavy atom. The number of aryl methyl sites for hydroxylation is 2. The summed E-state index contributed by atoms with van der Waals surface area (Å²) in [6, 6.07) is 18.0. The van der Waals surface area contributed by atoms with Gasteiger partial charge in [0.25, 0.3) is 0 Å². The largest absolute Gasteiger partial charge is 0.0733 e. The molecule has 21 heavy (non-hydrogen) atoms. The third-order valence-corrected chi connectivity index (χ3v) is 5.02. The van der Waals surface area contributed by atoms with Crippen molar-refractivity contribution in [2.45, 2.75) is 25.7 Å². The molecule has 2 aromatic carbocycles. The maximum Gasteiger partial charge on any atom is 0.0210 e. The van der Waals surface area contributed by atoms with Gasteiger partial charge in [0.15, 0.2) is 0 Å². The lowest BCUT2D eigenvalue weighted by molar-refractivity contribution is 0.827. The fraction of sp³-hybridized carbons (Fsp3) is 0.238. The summed E-state index contributed by atoms with van der Waals surface area (Å²) in [7, 11) is 0. The van der Waals surface area contributed by atoms with Crippen molar-refractivity contribution >= 4 is 5.57 Å². The molecule has 2 aliphatic carbocycles. The third-order valence-electron chi connectivity index (χ3n) is 5.02. The monoisotopic (exact) mass is 272 g/mol. The van der Waals surface area contributed by atoms with E-state index in [9.17, 15) is 0 Å². The van der Waals surface area contributed by atoms with Crippen LogP contribution in [0.5, 0.6) is 0 Å². The summed E-state index contributed by atoms with van der Waals surface area (Å²) in [6.45, 7) is 4.30. The van der Waals surface area contributed by atoms with E-state index >= 15 is 0 Å². The Balaban J connectivity index is 1.69. The van der Waals surface area contributed by atoms with Crippen LogP contribution in [0.2, 0.25) is 0 Å². The minimum atomic E-state index is 0.253. The summed E-state index contributed by atoms with van der Waals surface area (Å²) < 4.78 is 0. The molecule has 2 aromatic rings. The molecule has 0 amide bonds. The molecule has 2 atom stereocenters. The Bertz CT molecular complexity index is 729. The Kier molecular flexibility index (Phi) is 2.68. The van der Waals surface area contributed by atoms with Gasteiger partial charge < -0.3 is 0 Å². The lowest BCUT2D eigenvalue weighted by atomic mass is 9.85. The number of allylic oxidation sites excluding steroid dienone is 4. The van der Waals surface area contributed by atoms with Crippen molar-refractivity contribution in [3.05, 3.63) is 89.0 Å². The number of hydrogen-bond donors (Lipinski definition) is 0. The smallest absolute Gasteiger partial charge is 0.0210 e. The van der Waals surface area contributed by atoms with Gasteiger partial charge in [0, 0.05) is 5.41 Å². The fourth-order valence-electron chi connectivity index (χ4n) is 3.61. The molecule has 2 unspecified atom stereocenters. The highest BCUT2D eigenvalue weighted by Crippen LogP contribution is 2.62. The van der Waals surface area contributed by atoms with Gasteiger partial charge in [-0.1, -0.05) is 77.9 Å². The van der Waals surface area contributed by atoms with Gasteiger partial charge >= 0.3 is 0 Å². The van der Waals surface area contributed by atoms with Gasteiger partial charge in [0.05, 0.1) is 0 Å². The quantitative estimate of drug-likeness (QED) is 0.703. The SMILES string of the molecule is Cc1ccc(C2=CC=CC3(c4ccc(C)cc4)CC23)cc1. The van der Waals surface area contributed by atoms with Crippen LogP contribution in [0, 0.1) is 19.8 Å². The molecule has 1 fully saturated rings. The van der Waals surface area contributed by atoms with E-state index in [2.05, 4.69) is 80.6 Å². The van der Waals surface area contributed by atoms with E-state index in [4.69, 9.17) is 0 Å². The molecule has 0 radical (unpaired) electrons. The zero-order valence-electron chi connectivity index (χ0n) is 12.6. The van der Waals surface area contributed by atoms with E-state index in [1.54, 1.807) is 0 Å². The molecule has 0 nitrogen and oxygen atoms in total. The highest BCUT2D eigenvalue weighted by Gasteiger charge is 2.55. The van der Waals surface area contributed by atoms with Crippen molar-refractivity contribution in [3.8, 4) is 0 Å². The first-order valence-electron chi connectivity index (χ1n) is 7.73. The van der Waals surface area contributed by atoms with Crippen LogP contribution in [0.15, 0.2) is 66.8 Å². The summed E-state index contributed by atoms with van der Waals surface area (Å²) in [4.78, 5) is 0. The zero-order valence-corrected chi connectivity index (χ0v) is 12.6. The van der Waals surface area contributed by atoms with E-state index in [1.807, 2.05) is 0 Å². The Labute approximate surface area is 126 Å². The lowest BCUT2D eigenvalue weighted by Crippen LogP contribution is -2.10. The fourth-order valence-corrected chi connectivity index (χ4v) is 3.61. The highest BCUT2D eigenvalue weighted by atomic mass is 14.6. The van der Waals surface area contributed by atoms with Crippen molar-refractivity contribution in [1.29, 1.82) is 0 Å². The zero-order chi connectivity index (χ0) is 14.4. The molecule has 4 rings (SSSR count).